The van der Waals surface area contributed by atoms with Gasteiger partial charge in [-0.2, -0.15) is 0 Å². The fourth-order valence-electron chi connectivity index (χ4n) is 3.99. The van der Waals surface area contributed by atoms with Crippen molar-refractivity contribution in [2.75, 3.05) is 35.8 Å². The number of piperazine rings is 1. The number of sulfonamides is 1. The van der Waals surface area contributed by atoms with E-state index in [4.69, 9.17) is 4.98 Å². The Bertz CT molecular complexity index is 1440. The Morgan fingerprint density at radius 2 is 1.65 bits per heavy atom. The Kier molecular flexibility index (Phi) is 5.97. The van der Waals surface area contributed by atoms with Gasteiger partial charge < -0.3 is 9.80 Å². The molecule has 174 valence electrons. The number of hydrogen-bond donors (Lipinski definition) is 1. The molecule has 1 amide bonds. The van der Waals surface area contributed by atoms with Gasteiger partial charge in [-0.3, -0.25) is 9.52 Å². The number of carbonyl (C=O) groups excluding carboxylic acids is 1. The van der Waals surface area contributed by atoms with E-state index in [0.29, 0.717) is 31.7 Å². The summed E-state index contributed by atoms with van der Waals surface area (Å²) >= 11 is 1.67. The van der Waals surface area contributed by atoms with Crippen molar-refractivity contribution in [3.05, 3.63) is 83.9 Å². The van der Waals surface area contributed by atoms with Gasteiger partial charge in [0.2, 0.25) is 0 Å². The molecule has 3 aromatic carbocycles. The van der Waals surface area contributed by atoms with Gasteiger partial charge in [-0.15, -0.1) is 0 Å². The summed E-state index contributed by atoms with van der Waals surface area (Å²) in [6, 6.07) is 21.1. The minimum atomic E-state index is -3.80. The van der Waals surface area contributed by atoms with Crippen LogP contribution in [0, 0.1) is 6.92 Å². The van der Waals surface area contributed by atoms with Crippen LogP contribution < -0.4 is 9.62 Å². The van der Waals surface area contributed by atoms with Crippen molar-refractivity contribution in [2.45, 2.75) is 11.8 Å². The average molecular weight is 493 g/mol. The number of aromatic nitrogens is 1. The van der Waals surface area contributed by atoms with Gasteiger partial charge in [0, 0.05) is 26.2 Å². The summed E-state index contributed by atoms with van der Waals surface area (Å²) in [5, 5.41) is 0.962. The molecule has 0 atom stereocenters. The lowest BCUT2D eigenvalue weighted by Gasteiger charge is -2.34. The van der Waals surface area contributed by atoms with Crippen molar-refractivity contribution in [1.82, 2.24) is 9.88 Å². The average Bonchev–Trinajstić information content (AvgIpc) is 3.28. The third kappa shape index (κ3) is 4.49. The summed E-state index contributed by atoms with van der Waals surface area (Å²) in [6.07, 6.45) is 0. The van der Waals surface area contributed by atoms with Crippen LogP contribution in [0.5, 0.6) is 0 Å². The van der Waals surface area contributed by atoms with Crippen molar-refractivity contribution in [3.8, 4) is 0 Å². The Morgan fingerprint density at radius 3 is 2.41 bits per heavy atom. The molecule has 1 N–H and O–H groups in total. The van der Waals surface area contributed by atoms with E-state index in [1.54, 1.807) is 58.7 Å². The van der Waals surface area contributed by atoms with Crippen molar-refractivity contribution >= 4 is 48.3 Å². The molecule has 1 saturated heterocycles. The largest absolute Gasteiger partial charge is 0.345 e. The molecule has 5 rings (SSSR count). The van der Waals surface area contributed by atoms with E-state index in [1.807, 2.05) is 6.07 Å². The van der Waals surface area contributed by atoms with Crippen LogP contribution in [0.15, 0.2) is 77.7 Å². The minimum Gasteiger partial charge on any atom is -0.345 e. The summed E-state index contributed by atoms with van der Waals surface area (Å²) in [7, 11) is -3.80. The van der Waals surface area contributed by atoms with E-state index < -0.39 is 10.0 Å². The van der Waals surface area contributed by atoms with Crippen LogP contribution in [0.3, 0.4) is 0 Å². The van der Waals surface area contributed by atoms with Gasteiger partial charge in [0.25, 0.3) is 15.9 Å². The van der Waals surface area contributed by atoms with Crippen LogP contribution in [0.1, 0.15) is 15.9 Å². The monoisotopic (exact) mass is 492 g/mol. The van der Waals surface area contributed by atoms with E-state index in [1.165, 1.54) is 17.7 Å². The van der Waals surface area contributed by atoms with Crippen LogP contribution in [0.4, 0.5) is 10.8 Å². The topological polar surface area (TPSA) is 82.6 Å². The highest BCUT2D eigenvalue weighted by atomic mass is 32.2. The van der Waals surface area contributed by atoms with Gasteiger partial charge in [0.05, 0.1) is 26.4 Å². The number of fused-ring (bicyclic) bond motifs is 1. The molecule has 1 aliphatic rings. The summed E-state index contributed by atoms with van der Waals surface area (Å²) in [5.74, 6) is -0.189. The maximum Gasteiger partial charge on any atom is 0.261 e. The molecular formula is C25H24N4O3S2. The zero-order valence-electron chi connectivity index (χ0n) is 18.6. The molecule has 2 heterocycles. The third-order valence-corrected chi connectivity index (χ3v) is 8.29. The van der Waals surface area contributed by atoms with Crippen molar-refractivity contribution in [3.63, 3.8) is 0 Å². The highest BCUT2D eigenvalue weighted by Crippen LogP contribution is 2.30. The first-order valence-corrected chi connectivity index (χ1v) is 13.3. The normalized spacial score (nSPS) is 14.4. The number of anilines is 2. The molecule has 1 aliphatic heterocycles. The third-order valence-electron chi connectivity index (χ3n) is 5.83. The summed E-state index contributed by atoms with van der Waals surface area (Å²) in [5.41, 5.74) is 2.81. The highest BCUT2D eigenvalue weighted by molar-refractivity contribution is 7.92. The second-order valence-electron chi connectivity index (χ2n) is 8.21. The van der Waals surface area contributed by atoms with Crippen molar-refractivity contribution in [2.24, 2.45) is 0 Å². The maximum atomic E-state index is 13.3. The molecule has 0 radical (unpaired) electrons. The molecule has 4 aromatic rings. The van der Waals surface area contributed by atoms with Crippen LogP contribution in [0.25, 0.3) is 10.2 Å². The highest BCUT2D eigenvalue weighted by Gasteiger charge is 2.26. The van der Waals surface area contributed by atoms with Gasteiger partial charge in [-0.25, -0.2) is 13.4 Å². The van der Waals surface area contributed by atoms with Crippen LogP contribution in [-0.4, -0.2) is 50.4 Å². The minimum absolute atomic E-state index is 0.150. The summed E-state index contributed by atoms with van der Waals surface area (Å²) in [4.78, 5) is 22.2. The van der Waals surface area contributed by atoms with E-state index in [9.17, 15) is 13.2 Å². The number of nitrogens with one attached hydrogen (secondary N) is 1. The maximum absolute atomic E-state index is 13.3. The zero-order chi connectivity index (χ0) is 23.7. The molecule has 0 saturated carbocycles. The second kappa shape index (κ2) is 9.08. The molecule has 0 unspecified atom stereocenters. The number of benzene rings is 3. The van der Waals surface area contributed by atoms with E-state index in [2.05, 4.69) is 28.7 Å². The Hall–Kier alpha value is -3.43. The lowest BCUT2D eigenvalue weighted by molar-refractivity contribution is 0.0748. The number of rotatable bonds is 5. The number of carbonyl (C=O) groups is 1. The van der Waals surface area contributed by atoms with Gasteiger partial charge in [0.15, 0.2) is 5.13 Å². The SMILES string of the molecule is Cc1ccc2nc(N3CCN(C(=O)c4ccccc4NS(=O)(=O)c4ccccc4)CC3)sc2c1. The number of thiazole rings is 1. The number of nitrogens with zero attached hydrogens (tertiary/aromatic N) is 3. The lowest BCUT2D eigenvalue weighted by Crippen LogP contribution is -2.48. The molecule has 1 aromatic heterocycles. The predicted molar refractivity (Wildman–Crippen MR) is 136 cm³/mol. The van der Waals surface area contributed by atoms with E-state index in [-0.39, 0.29) is 16.5 Å². The molecule has 1 fully saturated rings. The number of aryl methyl sites for hydroxylation is 1. The Morgan fingerprint density at radius 1 is 0.941 bits per heavy atom. The lowest BCUT2D eigenvalue weighted by atomic mass is 10.1. The quantitative estimate of drug-likeness (QED) is 0.447. The second-order valence-corrected chi connectivity index (χ2v) is 10.9. The summed E-state index contributed by atoms with van der Waals surface area (Å²) < 4.78 is 29.3. The number of hydrogen-bond acceptors (Lipinski definition) is 6. The molecule has 0 aliphatic carbocycles. The molecular weight excluding hydrogens is 468 g/mol. The Balaban J connectivity index is 1.30. The van der Waals surface area contributed by atoms with Crippen LogP contribution in [-0.2, 0) is 10.0 Å². The first-order chi connectivity index (χ1) is 16.4. The number of para-hydroxylation sites is 1. The van der Waals surface area contributed by atoms with E-state index in [0.717, 1.165) is 15.3 Å². The Labute approximate surface area is 202 Å². The molecule has 0 spiro atoms. The zero-order valence-corrected chi connectivity index (χ0v) is 20.3. The van der Waals surface area contributed by atoms with E-state index >= 15 is 0 Å². The first-order valence-electron chi connectivity index (χ1n) is 11.0. The fraction of sp³-hybridized carbons (Fsp3) is 0.200. The standard InChI is InChI=1S/C25H24N4O3S2/c1-18-11-12-22-23(17-18)33-25(26-22)29-15-13-28(14-16-29)24(30)20-9-5-6-10-21(20)27-34(31,32)19-7-3-2-4-8-19/h2-12,17,27H,13-16H2,1H3. The molecule has 34 heavy (non-hydrogen) atoms. The molecule has 9 heteroatoms. The smallest absolute Gasteiger partial charge is 0.261 e. The first kappa shape index (κ1) is 22.4. The van der Waals surface area contributed by atoms with Gasteiger partial charge >= 0.3 is 0 Å². The van der Waals surface area contributed by atoms with Crippen LogP contribution >= 0.6 is 11.3 Å². The fourth-order valence-corrected chi connectivity index (χ4v) is 6.20. The predicted octanol–water partition coefficient (Wildman–Crippen LogP) is 4.37. The van der Waals surface area contributed by atoms with Gasteiger partial charge in [-0.1, -0.05) is 47.7 Å². The summed E-state index contributed by atoms with van der Waals surface area (Å²) in [6.45, 7) is 4.48. The van der Waals surface area contributed by atoms with Gasteiger partial charge in [-0.05, 0) is 48.9 Å². The van der Waals surface area contributed by atoms with Gasteiger partial charge in [0.1, 0.15) is 0 Å². The van der Waals surface area contributed by atoms with Crippen molar-refractivity contribution < 1.29 is 13.2 Å². The van der Waals surface area contributed by atoms with Crippen LogP contribution in [0.2, 0.25) is 0 Å². The number of amides is 1. The van der Waals surface area contributed by atoms with Crippen molar-refractivity contribution in [1.29, 1.82) is 0 Å². The molecule has 0 bridgehead atoms. The molecule has 7 nitrogen and oxygen atoms in total.